The van der Waals surface area contributed by atoms with E-state index in [2.05, 4.69) is 10.2 Å². The van der Waals surface area contributed by atoms with Gasteiger partial charge in [-0.1, -0.05) is 6.07 Å². The normalized spacial score (nSPS) is 20.9. The van der Waals surface area contributed by atoms with Crippen molar-refractivity contribution in [3.05, 3.63) is 63.0 Å². The molecule has 0 radical (unpaired) electrons. The Kier molecular flexibility index (Phi) is 4.34. The van der Waals surface area contributed by atoms with Crippen molar-refractivity contribution in [3.63, 3.8) is 0 Å². The molecule has 0 amide bonds. The number of benzene rings is 1. The first kappa shape index (κ1) is 18.5. The second kappa shape index (κ2) is 6.79. The van der Waals surface area contributed by atoms with Gasteiger partial charge in [0.2, 0.25) is 0 Å². The Hall–Kier alpha value is -2.48. The lowest BCUT2D eigenvalue weighted by Crippen LogP contribution is -2.12. The standard InChI is InChI=1S/C21H19F3N4S/c1-10-20-27-26-11(2)28(20)21-17(13-6-3-5-12(22)9-16(13)29-21)19(25-10)18-14(23)7-4-8-15(18)24/h4,7-8,10,12H,3,5-6,9H2,1-2H3/t10-,12+/m0/s1. The average molecular weight is 416 g/mol. The molecule has 1 aliphatic carbocycles. The molecule has 0 bridgehead atoms. The van der Waals surface area contributed by atoms with E-state index >= 15 is 0 Å². The molecular weight excluding hydrogens is 397 g/mol. The molecule has 3 heterocycles. The molecule has 1 aromatic carbocycles. The van der Waals surface area contributed by atoms with Crippen LogP contribution >= 0.6 is 11.3 Å². The first-order valence-electron chi connectivity index (χ1n) is 9.69. The number of halogens is 3. The fraction of sp³-hybridized carbons (Fsp3) is 0.381. The van der Waals surface area contributed by atoms with E-state index in [1.54, 1.807) is 0 Å². The minimum atomic E-state index is -0.912. The third-order valence-corrected chi connectivity index (χ3v) is 6.85. The minimum absolute atomic E-state index is 0.140. The van der Waals surface area contributed by atoms with Crippen LogP contribution in [0.1, 0.15) is 59.0 Å². The molecule has 150 valence electrons. The van der Waals surface area contributed by atoms with Crippen molar-refractivity contribution < 1.29 is 13.2 Å². The number of aromatic nitrogens is 3. The van der Waals surface area contributed by atoms with Crippen LogP contribution in [0.3, 0.4) is 0 Å². The van der Waals surface area contributed by atoms with Gasteiger partial charge >= 0.3 is 0 Å². The molecule has 4 nitrogen and oxygen atoms in total. The molecule has 5 rings (SSSR count). The summed E-state index contributed by atoms with van der Waals surface area (Å²) in [4.78, 5) is 5.63. The summed E-state index contributed by atoms with van der Waals surface area (Å²) in [7, 11) is 0. The maximum absolute atomic E-state index is 14.8. The van der Waals surface area contributed by atoms with Gasteiger partial charge in [-0.2, -0.15) is 0 Å². The van der Waals surface area contributed by atoms with E-state index in [4.69, 9.17) is 4.99 Å². The van der Waals surface area contributed by atoms with Crippen molar-refractivity contribution in [3.8, 4) is 5.00 Å². The zero-order valence-electron chi connectivity index (χ0n) is 16.0. The Bertz CT molecular complexity index is 1130. The van der Waals surface area contributed by atoms with Crippen molar-refractivity contribution in [2.24, 2.45) is 4.99 Å². The number of aliphatic imine (C=N–C) groups is 1. The van der Waals surface area contributed by atoms with Crippen LogP contribution < -0.4 is 0 Å². The van der Waals surface area contributed by atoms with E-state index in [1.165, 1.54) is 29.5 Å². The topological polar surface area (TPSA) is 43.1 Å². The van der Waals surface area contributed by atoms with E-state index in [0.29, 0.717) is 42.9 Å². The van der Waals surface area contributed by atoms with Gasteiger partial charge in [-0.15, -0.1) is 21.5 Å². The predicted octanol–water partition coefficient (Wildman–Crippen LogP) is 5.04. The second-order valence-corrected chi connectivity index (χ2v) is 8.65. The first-order valence-corrected chi connectivity index (χ1v) is 10.5. The zero-order valence-corrected chi connectivity index (χ0v) is 16.9. The highest BCUT2D eigenvalue weighted by molar-refractivity contribution is 7.15. The lowest BCUT2D eigenvalue weighted by atomic mass is 9.96. The summed E-state index contributed by atoms with van der Waals surface area (Å²) in [5.41, 5.74) is 1.78. The van der Waals surface area contributed by atoms with Gasteiger partial charge in [0.25, 0.3) is 0 Å². The Labute approximate surface area is 170 Å². The van der Waals surface area contributed by atoms with Crippen molar-refractivity contribution in [1.29, 1.82) is 0 Å². The van der Waals surface area contributed by atoms with Gasteiger partial charge in [0.05, 0.1) is 11.3 Å². The average Bonchev–Trinajstić information content (AvgIpc) is 3.11. The molecule has 2 aliphatic rings. The van der Waals surface area contributed by atoms with Gasteiger partial charge < -0.3 is 0 Å². The summed E-state index contributed by atoms with van der Waals surface area (Å²) >= 11 is 1.46. The van der Waals surface area contributed by atoms with E-state index in [-0.39, 0.29) is 11.3 Å². The number of aryl methyl sites for hydroxylation is 1. The quantitative estimate of drug-likeness (QED) is 0.522. The van der Waals surface area contributed by atoms with Gasteiger partial charge in [0.15, 0.2) is 5.82 Å². The van der Waals surface area contributed by atoms with Gasteiger partial charge in [0, 0.05) is 16.9 Å². The molecule has 0 saturated carbocycles. The van der Waals surface area contributed by atoms with Crippen LogP contribution in [0, 0.1) is 18.6 Å². The Morgan fingerprint density at radius 3 is 2.66 bits per heavy atom. The maximum Gasteiger partial charge on any atom is 0.162 e. The monoisotopic (exact) mass is 416 g/mol. The molecule has 3 aromatic rings. The van der Waals surface area contributed by atoms with E-state index in [0.717, 1.165) is 15.4 Å². The summed E-state index contributed by atoms with van der Waals surface area (Å²) < 4.78 is 45.8. The van der Waals surface area contributed by atoms with Crippen LogP contribution in [-0.2, 0) is 12.8 Å². The molecule has 0 N–H and O–H groups in total. The SMILES string of the molecule is Cc1nnc2n1-c1sc3c(c1C(c1c(F)cccc1F)=N[C@H]2C)CCC[C@@H](F)C3. The number of hydrogen-bond acceptors (Lipinski definition) is 4. The highest BCUT2D eigenvalue weighted by Gasteiger charge is 2.34. The van der Waals surface area contributed by atoms with Gasteiger partial charge in [-0.05, 0) is 50.8 Å². The van der Waals surface area contributed by atoms with E-state index in [9.17, 15) is 13.2 Å². The number of hydrogen-bond donors (Lipinski definition) is 0. The van der Waals surface area contributed by atoms with E-state index < -0.39 is 23.8 Å². The van der Waals surface area contributed by atoms with Crippen molar-refractivity contribution in [2.75, 3.05) is 0 Å². The fourth-order valence-electron chi connectivity index (χ4n) is 4.26. The van der Waals surface area contributed by atoms with Crippen molar-refractivity contribution in [2.45, 2.75) is 51.7 Å². The summed E-state index contributed by atoms with van der Waals surface area (Å²) in [6.07, 6.45) is 1.23. The highest BCUT2D eigenvalue weighted by atomic mass is 32.1. The summed E-state index contributed by atoms with van der Waals surface area (Å²) in [6.45, 7) is 3.68. The molecule has 8 heteroatoms. The van der Waals surface area contributed by atoms with Crippen LogP contribution in [0.25, 0.3) is 5.00 Å². The van der Waals surface area contributed by atoms with E-state index in [1.807, 2.05) is 18.4 Å². The molecular formula is C21H19F3N4S. The minimum Gasteiger partial charge on any atom is -0.273 e. The number of nitrogens with zero attached hydrogens (tertiary/aromatic N) is 4. The van der Waals surface area contributed by atoms with Gasteiger partial charge in [-0.25, -0.2) is 13.2 Å². The van der Waals surface area contributed by atoms with Crippen LogP contribution in [0.4, 0.5) is 13.2 Å². The molecule has 0 fully saturated rings. The third-order valence-electron chi connectivity index (χ3n) is 5.61. The van der Waals surface area contributed by atoms with Crippen LogP contribution in [0.5, 0.6) is 0 Å². The predicted molar refractivity (Wildman–Crippen MR) is 106 cm³/mol. The molecule has 0 saturated heterocycles. The largest absolute Gasteiger partial charge is 0.273 e. The number of thiophene rings is 1. The third kappa shape index (κ3) is 2.84. The fourth-order valence-corrected chi connectivity index (χ4v) is 5.73. The van der Waals surface area contributed by atoms with Gasteiger partial charge in [-0.3, -0.25) is 9.56 Å². The van der Waals surface area contributed by atoms with Crippen LogP contribution in [-0.4, -0.2) is 26.6 Å². The Morgan fingerprint density at radius 1 is 1.14 bits per heavy atom. The number of rotatable bonds is 1. The highest BCUT2D eigenvalue weighted by Crippen LogP contribution is 2.42. The van der Waals surface area contributed by atoms with Gasteiger partial charge in [0.1, 0.15) is 34.7 Å². The lowest BCUT2D eigenvalue weighted by Gasteiger charge is -2.12. The lowest BCUT2D eigenvalue weighted by molar-refractivity contribution is 0.314. The molecule has 2 aromatic heterocycles. The maximum atomic E-state index is 14.8. The van der Waals surface area contributed by atoms with Crippen molar-refractivity contribution in [1.82, 2.24) is 14.8 Å². The summed E-state index contributed by atoms with van der Waals surface area (Å²) in [5, 5.41) is 9.22. The zero-order chi connectivity index (χ0) is 20.3. The first-order chi connectivity index (χ1) is 14.0. The summed E-state index contributed by atoms with van der Waals surface area (Å²) in [5.74, 6) is -0.0306. The van der Waals surface area contributed by atoms with Crippen molar-refractivity contribution >= 4 is 17.0 Å². The molecule has 1 aliphatic heterocycles. The molecule has 0 spiro atoms. The van der Waals surface area contributed by atoms with Crippen LogP contribution in [0.15, 0.2) is 23.2 Å². The molecule has 0 unspecified atom stereocenters. The molecule has 29 heavy (non-hydrogen) atoms. The summed E-state index contributed by atoms with van der Waals surface area (Å²) in [6, 6.07) is 3.39. The Morgan fingerprint density at radius 2 is 1.90 bits per heavy atom. The Balaban J connectivity index is 1.86. The van der Waals surface area contributed by atoms with Crippen LogP contribution in [0.2, 0.25) is 0 Å². The number of alkyl halides is 1. The second-order valence-electron chi connectivity index (χ2n) is 7.57. The number of fused-ring (bicyclic) bond motifs is 5. The smallest absolute Gasteiger partial charge is 0.162 e. The molecule has 2 atom stereocenters.